The number of aromatic nitrogens is 1. The number of benzene rings is 2. The largest absolute Gasteiger partial charge is 0.496 e. The fraction of sp³-hybridized carbons (Fsp3) is 0.333. The van der Waals surface area contributed by atoms with E-state index in [4.69, 9.17) is 20.9 Å². The molecule has 2 aromatic carbocycles. The van der Waals surface area contributed by atoms with Crippen molar-refractivity contribution in [2.24, 2.45) is 16.9 Å². The van der Waals surface area contributed by atoms with Crippen LogP contribution in [0, 0.1) is 5.41 Å². The number of nitrogens with two attached hydrogens (primary N) is 2. The Morgan fingerprint density at radius 2 is 1.86 bits per heavy atom. The molecule has 3 aromatic rings. The highest BCUT2D eigenvalue weighted by Gasteiger charge is 2.64. The molecular formula is C27H29N5O5. The van der Waals surface area contributed by atoms with Crippen LogP contribution in [0.25, 0.3) is 10.9 Å². The molecule has 37 heavy (non-hydrogen) atoms. The van der Waals surface area contributed by atoms with Crippen molar-refractivity contribution in [3.8, 4) is 17.2 Å². The number of hydrogen-bond donors (Lipinski definition) is 4. The number of carbonyl (C=O) groups excluding carboxylic acids is 3. The topological polar surface area (TPSA) is 159 Å². The fourth-order valence-electron chi connectivity index (χ4n) is 5.05. The van der Waals surface area contributed by atoms with Crippen LogP contribution in [0.4, 0.5) is 0 Å². The average molecular weight is 504 g/mol. The highest BCUT2D eigenvalue weighted by atomic mass is 16.5. The minimum absolute atomic E-state index is 0.233. The van der Waals surface area contributed by atoms with Crippen molar-refractivity contribution in [1.29, 1.82) is 0 Å². The van der Waals surface area contributed by atoms with Gasteiger partial charge in [0.1, 0.15) is 22.7 Å². The third-order valence-electron chi connectivity index (χ3n) is 7.29. The van der Waals surface area contributed by atoms with Gasteiger partial charge in [-0.25, -0.2) is 0 Å². The first kappa shape index (κ1) is 24.5. The maximum absolute atomic E-state index is 13.0. The lowest BCUT2D eigenvalue weighted by Gasteiger charge is -2.15. The molecule has 2 atom stereocenters. The highest BCUT2D eigenvalue weighted by Crippen LogP contribution is 2.59. The van der Waals surface area contributed by atoms with Crippen LogP contribution in [0.3, 0.4) is 0 Å². The summed E-state index contributed by atoms with van der Waals surface area (Å²) in [5.74, 6) is -0.506. The molecule has 1 aromatic heterocycles. The Morgan fingerprint density at radius 3 is 2.49 bits per heavy atom. The van der Waals surface area contributed by atoms with E-state index in [2.05, 4.69) is 15.6 Å². The van der Waals surface area contributed by atoms with E-state index in [1.54, 1.807) is 48.7 Å². The number of hydrogen-bond acceptors (Lipinski definition) is 7. The molecule has 0 spiro atoms. The number of ether oxygens (including phenoxy) is 2. The Labute approximate surface area is 213 Å². The van der Waals surface area contributed by atoms with Gasteiger partial charge in [0.15, 0.2) is 0 Å². The monoisotopic (exact) mass is 503 g/mol. The maximum atomic E-state index is 13.0. The molecule has 0 radical (unpaired) electrons. The zero-order chi connectivity index (χ0) is 26.2. The van der Waals surface area contributed by atoms with Crippen molar-refractivity contribution >= 4 is 28.6 Å². The van der Waals surface area contributed by atoms with E-state index in [1.807, 2.05) is 0 Å². The third kappa shape index (κ3) is 4.55. The average Bonchev–Trinajstić information content (AvgIpc) is 3.46. The molecule has 1 unspecified atom stereocenters. The molecule has 5 rings (SSSR count). The van der Waals surface area contributed by atoms with Gasteiger partial charge in [-0.3, -0.25) is 19.4 Å². The summed E-state index contributed by atoms with van der Waals surface area (Å²) in [6, 6.07) is 12.5. The Kier molecular flexibility index (Phi) is 6.43. The molecule has 0 bridgehead atoms. The summed E-state index contributed by atoms with van der Waals surface area (Å²) in [5, 5.41) is 7.01. The Hall–Kier alpha value is -4.18. The van der Waals surface area contributed by atoms with Gasteiger partial charge in [0, 0.05) is 36.2 Å². The summed E-state index contributed by atoms with van der Waals surface area (Å²) in [6.45, 7) is 1.50. The second kappa shape index (κ2) is 9.70. The molecule has 2 heterocycles. The lowest BCUT2D eigenvalue weighted by Crippen LogP contribution is -2.38. The molecule has 1 saturated carbocycles. The first-order valence-corrected chi connectivity index (χ1v) is 12.2. The van der Waals surface area contributed by atoms with Crippen molar-refractivity contribution < 1.29 is 23.9 Å². The summed E-state index contributed by atoms with van der Waals surface area (Å²) in [5.41, 5.74) is 11.3. The van der Waals surface area contributed by atoms with Gasteiger partial charge in [0.25, 0.3) is 5.91 Å². The van der Waals surface area contributed by atoms with E-state index in [9.17, 15) is 14.4 Å². The SMILES string of the molecule is COc1cc2nccc(Oc3ccc(C4CC4(C(N)=O)C(N)=O)cc3)c2cc1C(=O)NC[C@@H]1CCCN1. The number of carbonyl (C=O) groups is 3. The summed E-state index contributed by atoms with van der Waals surface area (Å²) >= 11 is 0. The van der Waals surface area contributed by atoms with Gasteiger partial charge in [-0.05, 0) is 55.6 Å². The number of primary amides is 2. The van der Waals surface area contributed by atoms with E-state index >= 15 is 0 Å². The van der Waals surface area contributed by atoms with E-state index in [-0.39, 0.29) is 17.9 Å². The Bertz CT molecular complexity index is 1350. The van der Waals surface area contributed by atoms with Crippen molar-refractivity contribution in [3.63, 3.8) is 0 Å². The smallest absolute Gasteiger partial charge is 0.255 e. The molecular weight excluding hydrogens is 474 g/mol. The Morgan fingerprint density at radius 1 is 1.11 bits per heavy atom. The second-order valence-corrected chi connectivity index (χ2v) is 9.51. The molecule has 10 heteroatoms. The van der Waals surface area contributed by atoms with Crippen LogP contribution in [0.5, 0.6) is 17.2 Å². The molecule has 6 N–H and O–H groups in total. The van der Waals surface area contributed by atoms with Crippen LogP contribution in [0.2, 0.25) is 0 Å². The van der Waals surface area contributed by atoms with E-state index in [0.717, 1.165) is 24.9 Å². The van der Waals surface area contributed by atoms with Crippen LogP contribution < -0.4 is 31.6 Å². The zero-order valence-corrected chi connectivity index (χ0v) is 20.5. The summed E-state index contributed by atoms with van der Waals surface area (Å²) in [7, 11) is 1.52. The highest BCUT2D eigenvalue weighted by molar-refractivity contribution is 6.08. The van der Waals surface area contributed by atoms with E-state index in [0.29, 0.717) is 46.7 Å². The first-order chi connectivity index (χ1) is 17.8. The van der Waals surface area contributed by atoms with Crippen molar-refractivity contribution in [2.75, 3.05) is 20.2 Å². The summed E-state index contributed by atoms with van der Waals surface area (Å²) in [4.78, 5) is 41.1. The minimum atomic E-state index is -1.33. The predicted molar refractivity (Wildman–Crippen MR) is 136 cm³/mol. The molecule has 10 nitrogen and oxygen atoms in total. The molecule has 1 aliphatic carbocycles. The molecule has 2 aliphatic rings. The molecule has 1 aliphatic heterocycles. The number of nitrogens with zero attached hydrogens (tertiary/aromatic N) is 1. The van der Waals surface area contributed by atoms with Crippen LogP contribution in [-0.2, 0) is 9.59 Å². The van der Waals surface area contributed by atoms with Crippen LogP contribution in [-0.4, -0.2) is 48.9 Å². The van der Waals surface area contributed by atoms with Gasteiger partial charge >= 0.3 is 0 Å². The molecule has 3 amide bonds. The number of pyridine rings is 1. The first-order valence-electron chi connectivity index (χ1n) is 12.2. The van der Waals surface area contributed by atoms with Crippen molar-refractivity contribution in [1.82, 2.24) is 15.6 Å². The van der Waals surface area contributed by atoms with E-state index in [1.165, 1.54) is 7.11 Å². The summed E-state index contributed by atoms with van der Waals surface area (Å²) in [6.07, 6.45) is 4.05. The number of methoxy groups -OCH3 is 1. The lowest BCUT2D eigenvalue weighted by atomic mass is 9.97. The fourth-order valence-corrected chi connectivity index (χ4v) is 5.05. The van der Waals surface area contributed by atoms with Crippen molar-refractivity contribution in [2.45, 2.75) is 31.2 Å². The number of rotatable bonds is 9. The number of nitrogens with one attached hydrogen (secondary N) is 2. The minimum Gasteiger partial charge on any atom is -0.496 e. The van der Waals surface area contributed by atoms with E-state index < -0.39 is 17.2 Å². The predicted octanol–water partition coefficient (Wildman–Crippen LogP) is 1.96. The molecule has 2 fully saturated rings. The molecule has 1 saturated heterocycles. The van der Waals surface area contributed by atoms with Crippen LogP contribution >= 0.6 is 0 Å². The second-order valence-electron chi connectivity index (χ2n) is 9.51. The standard InChI is InChI=1S/C27H29N5O5/c1-36-23-12-21-18(11-19(23)24(33)32-14-16-3-2-9-30-16)22(8-10-31-21)37-17-6-4-15(5-7-17)20-13-27(20,25(28)34)26(29)35/h4-8,10-12,16,20,30H,2-3,9,13-14H2,1H3,(H2,28,34)(H2,29,35)(H,32,33)/t16-,20?/m0/s1. The lowest BCUT2D eigenvalue weighted by molar-refractivity contribution is -0.133. The van der Waals surface area contributed by atoms with Gasteiger partial charge in [0.05, 0.1) is 18.2 Å². The Balaban J connectivity index is 1.38. The van der Waals surface area contributed by atoms with Crippen LogP contribution in [0.1, 0.15) is 41.1 Å². The number of fused-ring (bicyclic) bond motifs is 1. The van der Waals surface area contributed by atoms with Gasteiger partial charge in [-0.15, -0.1) is 0 Å². The van der Waals surface area contributed by atoms with Gasteiger partial charge in [0.2, 0.25) is 11.8 Å². The van der Waals surface area contributed by atoms with Gasteiger partial charge in [-0.2, -0.15) is 0 Å². The normalized spacial score (nSPS) is 19.8. The molecule has 192 valence electrons. The van der Waals surface area contributed by atoms with Crippen molar-refractivity contribution in [3.05, 3.63) is 59.8 Å². The van der Waals surface area contributed by atoms with Crippen LogP contribution in [0.15, 0.2) is 48.7 Å². The zero-order valence-electron chi connectivity index (χ0n) is 20.5. The third-order valence-corrected chi connectivity index (χ3v) is 7.29. The quantitative estimate of drug-likeness (QED) is 0.325. The van der Waals surface area contributed by atoms with Gasteiger partial charge in [-0.1, -0.05) is 12.1 Å². The summed E-state index contributed by atoms with van der Waals surface area (Å²) < 4.78 is 11.6. The maximum Gasteiger partial charge on any atom is 0.255 e. The number of amides is 3. The van der Waals surface area contributed by atoms with Gasteiger partial charge < -0.3 is 31.6 Å².